The number of aromatic nitrogens is 4. The molecule has 28 heteroatoms. The maximum absolute atomic E-state index is 12.6. The summed E-state index contributed by atoms with van der Waals surface area (Å²) in [5.41, 5.74) is 4.62. The summed E-state index contributed by atoms with van der Waals surface area (Å²) in [5.74, 6) is -1.17. The zero-order valence-electron chi connectivity index (χ0n) is 28.3. The number of aliphatic hydroxyl groups is 2. The first-order chi connectivity index (χ1) is 24.4. The fourth-order valence-electron chi connectivity index (χ4n) is 4.40. The van der Waals surface area contributed by atoms with Crippen molar-refractivity contribution in [1.29, 1.82) is 0 Å². The quantitative estimate of drug-likeness (QED) is 0.0449. The number of phosphoric acid groups is 3. The molecule has 0 spiro atoms. The highest BCUT2D eigenvalue weighted by Gasteiger charge is 2.50. The molecule has 2 aromatic rings. The zero-order chi connectivity index (χ0) is 39.9. The van der Waals surface area contributed by atoms with Gasteiger partial charge in [-0.05, 0) is 12.5 Å². The molecule has 2 amide bonds. The number of amides is 2. The fraction of sp³-hybridized carbons (Fsp3) is 0.600. The van der Waals surface area contributed by atoms with Crippen LogP contribution < -0.4 is 16.4 Å². The summed E-state index contributed by atoms with van der Waals surface area (Å²) < 4.78 is 61.9. The molecule has 1 saturated heterocycles. The van der Waals surface area contributed by atoms with Crippen LogP contribution in [-0.4, -0.2) is 123 Å². The molecule has 10 N–H and O–H groups in total. The van der Waals surface area contributed by atoms with Gasteiger partial charge in [-0.2, -0.15) is 4.31 Å². The predicted octanol–water partition coefficient (Wildman–Crippen LogP) is -0.759. The fourth-order valence-corrected chi connectivity index (χ4v) is 7.86. The lowest BCUT2D eigenvalue weighted by Gasteiger charge is -2.30. The van der Waals surface area contributed by atoms with Crippen molar-refractivity contribution in [3.63, 3.8) is 0 Å². The van der Waals surface area contributed by atoms with Crippen LogP contribution in [0.4, 0.5) is 5.82 Å². The number of hydrogen-bond acceptors (Lipinski definition) is 18. The Kier molecular flexibility index (Phi) is 15.4. The third-order valence-corrected chi connectivity index (χ3v) is 11.2. The van der Waals surface area contributed by atoms with Crippen LogP contribution in [-0.2, 0) is 50.7 Å². The minimum atomic E-state index is -5.57. The summed E-state index contributed by atoms with van der Waals surface area (Å²) in [4.78, 5) is 86.8. The minimum Gasteiger partial charge on any atom is -0.386 e. The number of thioether (sulfide) groups is 1. The van der Waals surface area contributed by atoms with Gasteiger partial charge in [-0.15, -0.1) is 0 Å². The van der Waals surface area contributed by atoms with Crippen LogP contribution in [0.5, 0.6) is 0 Å². The maximum Gasteiger partial charge on any atom is 0.481 e. The summed E-state index contributed by atoms with van der Waals surface area (Å²) in [7, 11) is -16.4. The standard InChI is InChI=1S/C25H40N7O17P3S/c1-13(2)24(37)53-8-7-27-15(33)5-6-28-22(36)19(35)25(3,4)10-46-52(43,44)49-51(41,42)45-9-14-18(48-50(38,39)40)17(34)23(47-14)32-12-31-16-20(26)29-11-30-21(16)32/h11-12,14,17-19,23,34-35H,1,5-10H2,2-4H3,(H,27,33)(H,28,36)(H,41,42)(H,43,44)(H2,26,29,30)(H2,38,39,40)/t14-,17-,18-,19+,23-/m1/s1. The third-order valence-electron chi connectivity index (χ3n) is 7.08. The van der Waals surface area contributed by atoms with E-state index in [4.69, 9.17) is 19.5 Å². The van der Waals surface area contributed by atoms with Crippen LogP contribution in [0.2, 0.25) is 0 Å². The molecule has 2 unspecified atom stereocenters. The van der Waals surface area contributed by atoms with Crippen molar-refractivity contribution in [2.75, 3.05) is 37.8 Å². The molecule has 1 aliphatic heterocycles. The number of nitrogens with zero attached hydrogens (tertiary/aromatic N) is 4. The van der Waals surface area contributed by atoms with E-state index < -0.39 is 84.6 Å². The number of nitrogen functional groups attached to an aromatic ring is 1. The van der Waals surface area contributed by atoms with E-state index >= 15 is 0 Å². The van der Waals surface area contributed by atoms with Crippen molar-refractivity contribution in [1.82, 2.24) is 30.2 Å². The van der Waals surface area contributed by atoms with E-state index in [0.29, 0.717) is 11.3 Å². The number of ether oxygens (including phenoxy) is 1. The second-order valence-corrected chi connectivity index (χ2v) is 17.3. The SMILES string of the molecule is C=C(C)C(=O)SCCNC(=O)CCNC(=O)[C@H](O)C(C)(C)COP(=O)(O)OP(=O)(O)OC[C@H]1O[C@@H](n2cnc3c(N)ncnc32)[C@H](O)[C@@H]1OP(=O)(O)O. The van der Waals surface area contributed by atoms with E-state index in [-0.39, 0.29) is 41.6 Å². The Morgan fingerprint density at radius 1 is 1.09 bits per heavy atom. The summed E-state index contributed by atoms with van der Waals surface area (Å²) in [6.45, 7) is 5.52. The van der Waals surface area contributed by atoms with Crippen LogP contribution in [0.25, 0.3) is 11.2 Å². The van der Waals surface area contributed by atoms with Crippen molar-refractivity contribution in [2.45, 2.75) is 57.8 Å². The molecule has 298 valence electrons. The Morgan fingerprint density at radius 2 is 1.75 bits per heavy atom. The molecular formula is C25H40N7O17P3S. The third kappa shape index (κ3) is 13.2. The monoisotopic (exact) mass is 835 g/mol. The Morgan fingerprint density at radius 3 is 2.40 bits per heavy atom. The number of aliphatic hydroxyl groups excluding tert-OH is 2. The highest BCUT2D eigenvalue weighted by Crippen LogP contribution is 2.61. The van der Waals surface area contributed by atoms with Crippen molar-refractivity contribution < 1.29 is 80.5 Å². The number of nitrogens with two attached hydrogens (primary N) is 1. The highest BCUT2D eigenvalue weighted by atomic mass is 32.2. The lowest BCUT2D eigenvalue weighted by molar-refractivity contribution is -0.137. The van der Waals surface area contributed by atoms with Gasteiger partial charge in [0.25, 0.3) is 0 Å². The molecule has 2 aromatic heterocycles. The molecule has 3 heterocycles. The lowest BCUT2D eigenvalue weighted by atomic mass is 9.87. The summed E-state index contributed by atoms with van der Waals surface area (Å²) in [5, 5.41) is 26.0. The van der Waals surface area contributed by atoms with Gasteiger partial charge in [0, 0.05) is 30.7 Å². The Labute approximate surface area is 305 Å². The van der Waals surface area contributed by atoms with E-state index in [1.165, 1.54) is 13.8 Å². The molecule has 3 rings (SSSR count). The molecule has 1 fully saturated rings. The average molecular weight is 836 g/mol. The molecule has 0 aromatic carbocycles. The Bertz CT molecular complexity index is 1810. The summed E-state index contributed by atoms with van der Waals surface area (Å²) in [6, 6.07) is 0. The van der Waals surface area contributed by atoms with Gasteiger partial charge in [-0.3, -0.25) is 32.5 Å². The van der Waals surface area contributed by atoms with E-state index in [2.05, 4.69) is 41.0 Å². The second-order valence-electron chi connectivity index (χ2n) is 12.0. The van der Waals surface area contributed by atoms with E-state index in [0.717, 1.165) is 29.0 Å². The number of anilines is 1. The van der Waals surface area contributed by atoms with Gasteiger partial charge in [0.05, 0.1) is 19.5 Å². The molecule has 0 aliphatic carbocycles. The van der Waals surface area contributed by atoms with E-state index in [1.54, 1.807) is 6.92 Å². The average Bonchev–Trinajstić information content (AvgIpc) is 3.60. The van der Waals surface area contributed by atoms with Crippen LogP contribution in [0.1, 0.15) is 33.4 Å². The number of rotatable bonds is 20. The first-order valence-corrected chi connectivity index (χ1v) is 20.7. The number of fused-ring (bicyclic) bond motifs is 1. The second kappa shape index (κ2) is 18.3. The number of phosphoric ester groups is 3. The molecular weight excluding hydrogens is 795 g/mol. The molecule has 1 aliphatic rings. The van der Waals surface area contributed by atoms with Crippen molar-refractivity contribution in [3.05, 3.63) is 24.8 Å². The molecule has 24 nitrogen and oxygen atoms in total. The highest BCUT2D eigenvalue weighted by molar-refractivity contribution is 8.14. The lowest BCUT2D eigenvalue weighted by Crippen LogP contribution is -2.46. The smallest absolute Gasteiger partial charge is 0.386 e. The largest absolute Gasteiger partial charge is 0.481 e. The maximum atomic E-state index is 12.6. The van der Waals surface area contributed by atoms with Crippen LogP contribution in [0.3, 0.4) is 0 Å². The molecule has 0 bridgehead atoms. The first-order valence-electron chi connectivity index (χ1n) is 15.1. The number of carbonyl (C=O) groups is 3. The molecule has 53 heavy (non-hydrogen) atoms. The Balaban J connectivity index is 1.53. The number of hydrogen-bond donors (Lipinski definition) is 9. The molecule has 7 atom stereocenters. The minimum absolute atomic E-state index is 0.0291. The molecule has 0 radical (unpaired) electrons. The number of carbonyl (C=O) groups excluding carboxylic acids is 3. The van der Waals surface area contributed by atoms with Crippen LogP contribution in [0, 0.1) is 5.41 Å². The first kappa shape index (κ1) is 44.7. The number of imidazole rings is 1. The van der Waals surface area contributed by atoms with Gasteiger partial charge in [-0.25, -0.2) is 28.6 Å². The van der Waals surface area contributed by atoms with Gasteiger partial charge in [0.1, 0.15) is 36.3 Å². The predicted molar refractivity (Wildman–Crippen MR) is 182 cm³/mol. The summed E-state index contributed by atoms with van der Waals surface area (Å²) >= 11 is 0.979. The van der Waals surface area contributed by atoms with Gasteiger partial charge < -0.3 is 50.9 Å². The van der Waals surface area contributed by atoms with Gasteiger partial charge >= 0.3 is 23.5 Å². The topological polar surface area (TPSA) is 364 Å². The van der Waals surface area contributed by atoms with E-state index in [9.17, 15) is 57.9 Å². The Hall–Kier alpha value is -2.70. The van der Waals surface area contributed by atoms with Crippen molar-refractivity contribution >= 4 is 69.1 Å². The van der Waals surface area contributed by atoms with Gasteiger partial charge in [0.15, 0.2) is 17.7 Å². The van der Waals surface area contributed by atoms with Crippen LogP contribution >= 0.6 is 35.2 Å². The normalized spacial score (nSPS) is 22.1. The van der Waals surface area contributed by atoms with Crippen LogP contribution in [0.15, 0.2) is 24.8 Å². The van der Waals surface area contributed by atoms with Crippen molar-refractivity contribution in [3.8, 4) is 0 Å². The van der Waals surface area contributed by atoms with Crippen molar-refractivity contribution in [2.24, 2.45) is 5.41 Å². The zero-order valence-corrected chi connectivity index (χ0v) is 31.8. The van der Waals surface area contributed by atoms with Gasteiger partial charge in [0.2, 0.25) is 16.9 Å². The number of nitrogens with one attached hydrogen (secondary N) is 2. The van der Waals surface area contributed by atoms with E-state index in [1.807, 2.05) is 0 Å². The van der Waals surface area contributed by atoms with Gasteiger partial charge in [-0.1, -0.05) is 32.2 Å². The summed E-state index contributed by atoms with van der Waals surface area (Å²) in [6.07, 6.45) is -6.93. The molecule has 0 saturated carbocycles.